The summed E-state index contributed by atoms with van der Waals surface area (Å²) >= 11 is 0. The van der Waals surface area contributed by atoms with Crippen LogP contribution in [0, 0.1) is 0 Å². The maximum Gasteiger partial charge on any atom is 0.227 e. The van der Waals surface area contributed by atoms with Gasteiger partial charge in [0.1, 0.15) is 11.5 Å². The zero-order chi connectivity index (χ0) is 24.8. The molecule has 0 radical (unpaired) electrons. The summed E-state index contributed by atoms with van der Waals surface area (Å²) in [5, 5.41) is 15.6. The van der Waals surface area contributed by atoms with Crippen molar-refractivity contribution in [2.75, 3.05) is 20.3 Å². The lowest BCUT2D eigenvalue weighted by molar-refractivity contribution is -0.0107. The molecule has 3 aromatic rings. The Hall–Kier alpha value is -2.87. The third-order valence-electron chi connectivity index (χ3n) is 6.10. The lowest BCUT2D eigenvalue weighted by atomic mass is 10.1. The number of methoxy groups -OCH3 is 1. The van der Waals surface area contributed by atoms with Gasteiger partial charge in [0.25, 0.3) is 0 Å². The molecule has 1 heterocycles. The molecule has 0 bridgehead atoms. The molecule has 1 aromatic heterocycles. The standard InChI is InChI=1S/C28H37N3O4/c1-5-27-26(18-30(21-14-15-21)17-23(32)19-34-20(2)3)28(31(29-27)22-10-7-6-8-11-22)35-25-13-9-12-24(16-25)33-4/h6-13,16,20-21,23,32H,5,14-15,17-19H2,1-4H3/t23-/m1/s1. The smallest absolute Gasteiger partial charge is 0.227 e. The van der Waals surface area contributed by atoms with Gasteiger partial charge in [-0.2, -0.15) is 5.10 Å². The highest BCUT2D eigenvalue weighted by molar-refractivity contribution is 5.44. The highest BCUT2D eigenvalue weighted by atomic mass is 16.5. The Balaban J connectivity index is 1.68. The number of aryl methyl sites for hydroxylation is 1. The molecular formula is C28H37N3O4. The number of benzene rings is 2. The van der Waals surface area contributed by atoms with Gasteiger partial charge in [0.2, 0.25) is 5.88 Å². The fourth-order valence-corrected chi connectivity index (χ4v) is 4.16. The van der Waals surface area contributed by atoms with Gasteiger partial charge >= 0.3 is 0 Å². The van der Waals surface area contributed by atoms with Crippen molar-refractivity contribution >= 4 is 0 Å². The second-order valence-electron chi connectivity index (χ2n) is 9.31. The van der Waals surface area contributed by atoms with E-state index in [4.69, 9.17) is 19.3 Å². The van der Waals surface area contributed by atoms with E-state index in [1.807, 2.05) is 73.1 Å². The number of aliphatic hydroxyl groups excluding tert-OH is 1. The molecule has 1 atom stereocenters. The van der Waals surface area contributed by atoms with Gasteiger partial charge in [-0.05, 0) is 57.4 Å². The number of hydrogen-bond donors (Lipinski definition) is 1. The van der Waals surface area contributed by atoms with E-state index in [1.165, 1.54) is 0 Å². The zero-order valence-corrected chi connectivity index (χ0v) is 21.2. The van der Waals surface area contributed by atoms with Gasteiger partial charge in [0.05, 0.1) is 42.9 Å². The van der Waals surface area contributed by atoms with E-state index < -0.39 is 6.10 Å². The average molecular weight is 480 g/mol. The lowest BCUT2D eigenvalue weighted by Gasteiger charge is -2.26. The number of ether oxygens (including phenoxy) is 3. The van der Waals surface area contributed by atoms with E-state index in [0.29, 0.717) is 37.4 Å². The van der Waals surface area contributed by atoms with Crippen LogP contribution in [-0.2, 0) is 17.7 Å². The van der Waals surface area contributed by atoms with Gasteiger partial charge in [0.15, 0.2) is 0 Å². The molecule has 0 unspecified atom stereocenters. The summed E-state index contributed by atoms with van der Waals surface area (Å²) in [5.41, 5.74) is 2.98. The van der Waals surface area contributed by atoms with Gasteiger partial charge in [-0.3, -0.25) is 4.90 Å². The molecule has 188 valence electrons. The van der Waals surface area contributed by atoms with Crippen molar-refractivity contribution in [3.63, 3.8) is 0 Å². The fourth-order valence-electron chi connectivity index (χ4n) is 4.16. The van der Waals surface area contributed by atoms with E-state index >= 15 is 0 Å². The molecule has 1 N–H and O–H groups in total. The van der Waals surface area contributed by atoms with Crippen molar-refractivity contribution in [3.8, 4) is 23.1 Å². The van der Waals surface area contributed by atoms with E-state index in [-0.39, 0.29) is 6.10 Å². The summed E-state index contributed by atoms with van der Waals surface area (Å²) in [6.07, 6.45) is 2.60. The second-order valence-corrected chi connectivity index (χ2v) is 9.31. The second kappa shape index (κ2) is 11.7. The molecule has 1 fully saturated rings. The first-order valence-electron chi connectivity index (χ1n) is 12.5. The van der Waals surface area contributed by atoms with Crippen LogP contribution in [0.25, 0.3) is 5.69 Å². The van der Waals surface area contributed by atoms with Crippen LogP contribution in [0.3, 0.4) is 0 Å². The van der Waals surface area contributed by atoms with E-state index in [0.717, 1.165) is 42.0 Å². The van der Waals surface area contributed by atoms with Crippen LogP contribution in [0.15, 0.2) is 54.6 Å². The van der Waals surface area contributed by atoms with Crippen molar-refractivity contribution in [3.05, 3.63) is 65.9 Å². The summed E-state index contributed by atoms with van der Waals surface area (Å²) in [5.74, 6) is 2.12. The maximum atomic E-state index is 10.7. The van der Waals surface area contributed by atoms with Gasteiger partial charge in [-0.1, -0.05) is 31.2 Å². The fraction of sp³-hybridized carbons (Fsp3) is 0.464. The largest absolute Gasteiger partial charge is 0.497 e. The van der Waals surface area contributed by atoms with E-state index in [9.17, 15) is 5.11 Å². The number of aromatic nitrogens is 2. The monoisotopic (exact) mass is 479 g/mol. The molecule has 2 aromatic carbocycles. The quantitative estimate of drug-likeness (QED) is 0.373. The van der Waals surface area contributed by atoms with Crippen molar-refractivity contribution in [1.29, 1.82) is 0 Å². The third-order valence-corrected chi connectivity index (χ3v) is 6.10. The molecule has 0 aliphatic heterocycles. The van der Waals surface area contributed by atoms with Gasteiger partial charge in [0, 0.05) is 25.2 Å². The Morgan fingerprint density at radius 2 is 1.83 bits per heavy atom. The van der Waals surface area contributed by atoms with Gasteiger partial charge in [-0.15, -0.1) is 0 Å². The maximum absolute atomic E-state index is 10.7. The number of nitrogens with zero attached hydrogens (tertiary/aromatic N) is 3. The molecule has 1 saturated carbocycles. The van der Waals surface area contributed by atoms with Crippen LogP contribution in [0.4, 0.5) is 0 Å². The van der Waals surface area contributed by atoms with E-state index in [2.05, 4.69) is 11.8 Å². The Kier molecular flexibility index (Phi) is 8.44. The summed E-state index contributed by atoms with van der Waals surface area (Å²) < 4.78 is 19.5. The zero-order valence-electron chi connectivity index (χ0n) is 21.2. The van der Waals surface area contributed by atoms with Crippen LogP contribution in [-0.4, -0.2) is 58.3 Å². The molecule has 1 aliphatic rings. The van der Waals surface area contributed by atoms with Crippen molar-refractivity contribution in [2.24, 2.45) is 0 Å². The molecule has 4 rings (SSSR count). The number of para-hydroxylation sites is 1. The van der Waals surface area contributed by atoms with Crippen molar-refractivity contribution in [1.82, 2.24) is 14.7 Å². The van der Waals surface area contributed by atoms with Crippen molar-refractivity contribution in [2.45, 2.75) is 64.8 Å². The average Bonchev–Trinajstić information content (AvgIpc) is 3.66. The topological polar surface area (TPSA) is 69.0 Å². The van der Waals surface area contributed by atoms with Crippen LogP contribution in [0.5, 0.6) is 17.4 Å². The van der Waals surface area contributed by atoms with Gasteiger partial charge < -0.3 is 19.3 Å². The van der Waals surface area contributed by atoms with Crippen LogP contribution >= 0.6 is 0 Å². The first-order chi connectivity index (χ1) is 17.0. The Bertz CT molecular complexity index is 1080. The minimum Gasteiger partial charge on any atom is -0.497 e. The number of aliphatic hydroxyl groups is 1. The number of hydrogen-bond acceptors (Lipinski definition) is 6. The van der Waals surface area contributed by atoms with Crippen LogP contribution in [0.2, 0.25) is 0 Å². The first-order valence-corrected chi connectivity index (χ1v) is 12.5. The highest BCUT2D eigenvalue weighted by Gasteiger charge is 2.33. The molecule has 35 heavy (non-hydrogen) atoms. The minimum absolute atomic E-state index is 0.0951. The SMILES string of the molecule is CCc1nn(-c2ccccc2)c(Oc2cccc(OC)c2)c1CN(C[C@@H](O)COC(C)C)C1CC1. The molecule has 0 saturated heterocycles. The minimum atomic E-state index is -0.546. The van der Waals surface area contributed by atoms with Crippen LogP contribution in [0.1, 0.15) is 44.9 Å². The number of rotatable bonds is 13. The lowest BCUT2D eigenvalue weighted by Crippen LogP contribution is -2.36. The van der Waals surface area contributed by atoms with Gasteiger partial charge in [-0.25, -0.2) is 4.68 Å². The Morgan fingerprint density at radius 3 is 2.49 bits per heavy atom. The summed E-state index contributed by atoms with van der Waals surface area (Å²) in [6, 6.07) is 18.1. The molecule has 0 amide bonds. The normalized spacial score (nSPS) is 14.5. The van der Waals surface area contributed by atoms with Crippen molar-refractivity contribution < 1.29 is 19.3 Å². The molecule has 0 spiro atoms. The predicted octanol–water partition coefficient (Wildman–Crippen LogP) is 4.99. The third kappa shape index (κ3) is 6.63. The Labute approximate surface area is 208 Å². The molecule has 7 heteroatoms. The Morgan fingerprint density at radius 1 is 1.09 bits per heavy atom. The summed E-state index contributed by atoms with van der Waals surface area (Å²) in [4.78, 5) is 2.35. The highest BCUT2D eigenvalue weighted by Crippen LogP contribution is 2.36. The van der Waals surface area contributed by atoms with E-state index in [1.54, 1.807) is 7.11 Å². The first kappa shape index (κ1) is 25.2. The predicted molar refractivity (Wildman–Crippen MR) is 137 cm³/mol. The molecule has 7 nitrogen and oxygen atoms in total. The summed E-state index contributed by atoms with van der Waals surface area (Å²) in [6.45, 7) is 7.62. The summed E-state index contributed by atoms with van der Waals surface area (Å²) in [7, 11) is 1.65. The van der Waals surface area contributed by atoms with Crippen LogP contribution < -0.4 is 9.47 Å². The molecular weight excluding hydrogens is 442 g/mol. The molecule has 1 aliphatic carbocycles.